The molecule has 2 atom stereocenters. The number of carbonyl (C=O) groups excluding carboxylic acids is 1. The number of rotatable bonds is 7. The molecule has 0 bridgehead atoms. The standard InChI is InChI=1S/C14H28N2O3/c1-9(2)6-10(8-15)13(19)16-11(7-12(17)18)14(3,4)5/h9-11H,6-8,15H2,1-5H3,(H,16,19)(H,17,18). The lowest BCUT2D eigenvalue weighted by atomic mass is 9.84. The predicted molar refractivity (Wildman–Crippen MR) is 75.6 cm³/mol. The minimum atomic E-state index is -0.909. The van der Waals surface area contributed by atoms with E-state index in [0.29, 0.717) is 12.3 Å². The number of carboxylic acids is 1. The Kier molecular flexibility index (Phi) is 7.05. The molecule has 0 saturated heterocycles. The molecule has 19 heavy (non-hydrogen) atoms. The molecule has 112 valence electrons. The lowest BCUT2D eigenvalue weighted by molar-refractivity contribution is -0.138. The van der Waals surface area contributed by atoms with Crippen molar-refractivity contribution in [3.8, 4) is 0 Å². The van der Waals surface area contributed by atoms with Gasteiger partial charge in [-0.3, -0.25) is 9.59 Å². The summed E-state index contributed by atoms with van der Waals surface area (Å²) in [6.45, 7) is 10.1. The molecule has 0 aliphatic heterocycles. The average molecular weight is 272 g/mol. The van der Waals surface area contributed by atoms with Crippen LogP contribution in [0.4, 0.5) is 0 Å². The fourth-order valence-corrected chi connectivity index (χ4v) is 1.92. The molecule has 2 unspecified atom stereocenters. The Morgan fingerprint density at radius 2 is 1.79 bits per heavy atom. The zero-order valence-electron chi connectivity index (χ0n) is 12.7. The van der Waals surface area contributed by atoms with Crippen molar-refractivity contribution < 1.29 is 14.7 Å². The number of nitrogens with two attached hydrogens (primary N) is 1. The summed E-state index contributed by atoms with van der Waals surface area (Å²) in [6, 6.07) is -0.390. The zero-order chi connectivity index (χ0) is 15.2. The van der Waals surface area contributed by atoms with Gasteiger partial charge in [0.2, 0.25) is 5.91 Å². The molecular formula is C14H28N2O3. The van der Waals surface area contributed by atoms with Crippen LogP contribution in [0.15, 0.2) is 0 Å². The molecule has 0 spiro atoms. The van der Waals surface area contributed by atoms with Crippen molar-refractivity contribution in [3.05, 3.63) is 0 Å². The molecular weight excluding hydrogens is 244 g/mol. The number of hydrogen-bond acceptors (Lipinski definition) is 3. The van der Waals surface area contributed by atoms with Crippen LogP contribution in [0.25, 0.3) is 0 Å². The van der Waals surface area contributed by atoms with Crippen molar-refractivity contribution in [3.63, 3.8) is 0 Å². The van der Waals surface area contributed by atoms with E-state index >= 15 is 0 Å². The van der Waals surface area contributed by atoms with Crippen molar-refractivity contribution in [1.82, 2.24) is 5.32 Å². The van der Waals surface area contributed by atoms with Gasteiger partial charge in [0.25, 0.3) is 0 Å². The molecule has 0 fully saturated rings. The topological polar surface area (TPSA) is 92.4 Å². The van der Waals surface area contributed by atoms with Gasteiger partial charge >= 0.3 is 5.97 Å². The first-order valence-corrected chi connectivity index (χ1v) is 6.80. The summed E-state index contributed by atoms with van der Waals surface area (Å²) < 4.78 is 0. The van der Waals surface area contributed by atoms with Crippen LogP contribution in [-0.2, 0) is 9.59 Å². The third-order valence-corrected chi connectivity index (χ3v) is 3.15. The maximum Gasteiger partial charge on any atom is 0.305 e. The van der Waals surface area contributed by atoms with Gasteiger partial charge in [-0.25, -0.2) is 0 Å². The van der Waals surface area contributed by atoms with Gasteiger partial charge in [-0.1, -0.05) is 34.6 Å². The second-order valence-electron chi connectivity index (χ2n) is 6.59. The third kappa shape index (κ3) is 7.15. The third-order valence-electron chi connectivity index (χ3n) is 3.15. The van der Waals surface area contributed by atoms with Gasteiger partial charge in [0.15, 0.2) is 0 Å². The molecule has 0 heterocycles. The lowest BCUT2D eigenvalue weighted by Gasteiger charge is -2.32. The van der Waals surface area contributed by atoms with Gasteiger partial charge in [-0.05, 0) is 17.8 Å². The summed E-state index contributed by atoms with van der Waals surface area (Å²) in [5, 5.41) is 11.8. The summed E-state index contributed by atoms with van der Waals surface area (Å²) in [4.78, 5) is 23.0. The first-order valence-electron chi connectivity index (χ1n) is 6.80. The van der Waals surface area contributed by atoms with Crippen molar-refractivity contribution in [2.75, 3.05) is 6.54 Å². The Bertz CT molecular complexity index is 308. The highest BCUT2D eigenvalue weighted by molar-refractivity contribution is 5.80. The van der Waals surface area contributed by atoms with E-state index in [9.17, 15) is 9.59 Å². The average Bonchev–Trinajstić information content (AvgIpc) is 2.22. The van der Waals surface area contributed by atoms with Crippen LogP contribution in [0.5, 0.6) is 0 Å². The SMILES string of the molecule is CC(C)CC(CN)C(=O)NC(CC(=O)O)C(C)(C)C. The van der Waals surface area contributed by atoms with Gasteiger partial charge in [0.1, 0.15) is 0 Å². The Labute approximate surface area is 115 Å². The number of carboxylic acid groups (broad SMARTS) is 1. The quantitative estimate of drug-likeness (QED) is 0.656. The van der Waals surface area contributed by atoms with Gasteiger partial charge in [0.05, 0.1) is 12.3 Å². The Morgan fingerprint density at radius 3 is 2.11 bits per heavy atom. The fourth-order valence-electron chi connectivity index (χ4n) is 1.92. The molecule has 1 amide bonds. The number of hydrogen-bond donors (Lipinski definition) is 3. The highest BCUT2D eigenvalue weighted by atomic mass is 16.4. The number of carbonyl (C=O) groups is 2. The van der Waals surface area contributed by atoms with E-state index in [1.807, 2.05) is 34.6 Å². The number of aliphatic carboxylic acids is 1. The Balaban J connectivity index is 4.73. The van der Waals surface area contributed by atoms with Crippen LogP contribution in [0.3, 0.4) is 0 Å². The number of amides is 1. The zero-order valence-corrected chi connectivity index (χ0v) is 12.7. The summed E-state index contributed by atoms with van der Waals surface area (Å²) >= 11 is 0. The maximum absolute atomic E-state index is 12.2. The van der Waals surface area contributed by atoms with E-state index in [1.54, 1.807) is 0 Å². The van der Waals surface area contributed by atoms with E-state index in [1.165, 1.54) is 0 Å². The van der Waals surface area contributed by atoms with Crippen molar-refractivity contribution in [1.29, 1.82) is 0 Å². The fraction of sp³-hybridized carbons (Fsp3) is 0.857. The monoisotopic (exact) mass is 272 g/mol. The van der Waals surface area contributed by atoms with Crippen molar-refractivity contribution in [2.45, 2.75) is 53.5 Å². The minimum Gasteiger partial charge on any atom is -0.481 e. The van der Waals surface area contributed by atoms with Crippen LogP contribution in [0.2, 0.25) is 0 Å². The van der Waals surface area contributed by atoms with E-state index in [4.69, 9.17) is 10.8 Å². The molecule has 0 aliphatic rings. The molecule has 5 nitrogen and oxygen atoms in total. The highest BCUT2D eigenvalue weighted by Crippen LogP contribution is 2.23. The van der Waals surface area contributed by atoms with E-state index < -0.39 is 12.0 Å². The second kappa shape index (κ2) is 7.48. The van der Waals surface area contributed by atoms with Crippen molar-refractivity contribution in [2.24, 2.45) is 23.0 Å². The molecule has 0 aromatic rings. The van der Waals surface area contributed by atoms with Crippen LogP contribution >= 0.6 is 0 Å². The first kappa shape index (κ1) is 17.9. The minimum absolute atomic E-state index is 0.0752. The van der Waals surface area contributed by atoms with Crippen LogP contribution < -0.4 is 11.1 Å². The molecule has 0 aromatic carbocycles. The predicted octanol–water partition coefficient (Wildman–Crippen LogP) is 1.61. The van der Waals surface area contributed by atoms with Gasteiger partial charge in [0, 0.05) is 12.6 Å². The Morgan fingerprint density at radius 1 is 1.26 bits per heavy atom. The maximum atomic E-state index is 12.2. The number of nitrogens with one attached hydrogen (secondary N) is 1. The molecule has 0 aliphatic carbocycles. The van der Waals surface area contributed by atoms with Crippen molar-refractivity contribution >= 4 is 11.9 Å². The smallest absolute Gasteiger partial charge is 0.305 e. The molecule has 0 radical (unpaired) electrons. The lowest BCUT2D eigenvalue weighted by Crippen LogP contribution is -2.48. The van der Waals surface area contributed by atoms with E-state index in [0.717, 1.165) is 0 Å². The van der Waals surface area contributed by atoms with E-state index in [2.05, 4.69) is 5.32 Å². The molecule has 4 N–H and O–H groups in total. The molecule has 5 heteroatoms. The van der Waals surface area contributed by atoms with Crippen LogP contribution in [-0.4, -0.2) is 29.6 Å². The largest absolute Gasteiger partial charge is 0.481 e. The molecule has 0 aromatic heterocycles. The Hall–Kier alpha value is -1.10. The first-order chi connectivity index (χ1) is 8.57. The highest BCUT2D eigenvalue weighted by Gasteiger charge is 2.30. The van der Waals surface area contributed by atoms with Crippen LogP contribution in [0, 0.1) is 17.3 Å². The molecule has 0 saturated carbocycles. The summed E-state index contributed by atoms with van der Waals surface area (Å²) in [6.07, 6.45) is 0.639. The summed E-state index contributed by atoms with van der Waals surface area (Å²) in [5.41, 5.74) is 5.33. The van der Waals surface area contributed by atoms with Gasteiger partial charge in [-0.15, -0.1) is 0 Å². The van der Waals surface area contributed by atoms with Crippen LogP contribution in [0.1, 0.15) is 47.5 Å². The summed E-state index contributed by atoms with van der Waals surface area (Å²) in [5.74, 6) is -0.920. The normalized spacial score (nSPS) is 15.1. The van der Waals surface area contributed by atoms with E-state index in [-0.39, 0.29) is 30.2 Å². The summed E-state index contributed by atoms with van der Waals surface area (Å²) in [7, 11) is 0. The molecule has 0 rings (SSSR count). The second-order valence-corrected chi connectivity index (χ2v) is 6.59. The van der Waals surface area contributed by atoms with Gasteiger partial charge in [-0.2, -0.15) is 0 Å². The van der Waals surface area contributed by atoms with Gasteiger partial charge < -0.3 is 16.2 Å².